The number of hydrogen-bond acceptors (Lipinski definition) is 3. The Balaban J connectivity index is 1.85. The second kappa shape index (κ2) is 7.47. The molecule has 0 heterocycles. The zero-order valence-electron chi connectivity index (χ0n) is 12.9. The minimum Gasteiger partial charge on any atom is -0.362 e. The van der Waals surface area contributed by atoms with Crippen molar-refractivity contribution in [2.45, 2.75) is 12.7 Å². The molecule has 23 heavy (non-hydrogen) atoms. The molecule has 4 N–H and O–H groups in total. The number of nitrogens with one attached hydrogen (secondary N) is 2. The molecule has 0 saturated heterocycles. The molecule has 0 aromatic heterocycles. The Labute approximate surface area is 137 Å². The Hall–Kier alpha value is -2.78. The van der Waals surface area contributed by atoms with E-state index in [4.69, 9.17) is 5.73 Å². The van der Waals surface area contributed by atoms with Crippen LogP contribution >= 0.6 is 0 Å². The van der Waals surface area contributed by atoms with Crippen LogP contribution in [0.25, 0.3) is 0 Å². The van der Waals surface area contributed by atoms with E-state index in [2.05, 4.69) is 59.2 Å². The molecular formula is C20H21N3. The standard InChI is InChI=1S/C20H21N3/c21-15-16-11-13-17(14-12-16)20(22-18-7-3-1-4-8-18)23-19-9-5-2-6-10-19/h1-14,20,22-23H,15,21H2. The third-order valence-corrected chi connectivity index (χ3v) is 3.72. The van der Waals surface area contributed by atoms with Crippen molar-refractivity contribution >= 4 is 11.4 Å². The van der Waals surface area contributed by atoms with Gasteiger partial charge in [-0.2, -0.15) is 0 Å². The molecule has 3 rings (SSSR count). The van der Waals surface area contributed by atoms with Crippen molar-refractivity contribution in [3.05, 3.63) is 96.1 Å². The summed E-state index contributed by atoms with van der Waals surface area (Å²) in [5, 5.41) is 7.08. The summed E-state index contributed by atoms with van der Waals surface area (Å²) >= 11 is 0. The highest BCUT2D eigenvalue weighted by molar-refractivity contribution is 5.51. The van der Waals surface area contributed by atoms with Gasteiger partial charge in [0.1, 0.15) is 6.17 Å². The van der Waals surface area contributed by atoms with Gasteiger partial charge >= 0.3 is 0 Å². The lowest BCUT2D eigenvalue weighted by Gasteiger charge is -2.23. The third-order valence-electron chi connectivity index (χ3n) is 3.72. The van der Waals surface area contributed by atoms with E-state index >= 15 is 0 Å². The van der Waals surface area contributed by atoms with Crippen LogP contribution in [0.2, 0.25) is 0 Å². The third kappa shape index (κ3) is 4.11. The van der Waals surface area contributed by atoms with Crippen LogP contribution in [0.3, 0.4) is 0 Å². The summed E-state index contributed by atoms with van der Waals surface area (Å²) < 4.78 is 0. The molecule has 3 nitrogen and oxygen atoms in total. The van der Waals surface area contributed by atoms with Crippen LogP contribution in [0.1, 0.15) is 17.3 Å². The molecular weight excluding hydrogens is 282 g/mol. The van der Waals surface area contributed by atoms with Crippen LogP contribution in [0, 0.1) is 0 Å². The highest BCUT2D eigenvalue weighted by atomic mass is 15.1. The summed E-state index contributed by atoms with van der Waals surface area (Å²) in [6, 6.07) is 28.8. The van der Waals surface area contributed by atoms with E-state index in [1.165, 1.54) is 0 Å². The Bertz CT molecular complexity index is 667. The summed E-state index contributed by atoms with van der Waals surface area (Å²) in [6.45, 7) is 0.559. The van der Waals surface area contributed by atoms with Gasteiger partial charge in [0.15, 0.2) is 0 Å². The molecule has 3 aromatic carbocycles. The Morgan fingerprint density at radius 2 is 1.13 bits per heavy atom. The summed E-state index contributed by atoms with van der Waals surface area (Å²) in [5.74, 6) is 0. The smallest absolute Gasteiger partial charge is 0.123 e. The fourth-order valence-electron chi connectivity index (χ4n) is 2.45. The highest BCUT2D eigenvalue weighted by Crippen LogP contribution is 2.22. The van der Waals surface area contributed by atoms with Gasteiger partial charge in [-0.1, -0.05) is 60.7 Å². The lowest BCUT2D eigenvalue weighted by molar-refractivity contribution is 0.899. The summed E-state index contributed by atoms with van der Waals surface area (Å²) in [6.07, 6.45) is -0.0216. The van der Waals surface area contributed by atoms with Crippen molar-refractivity contribution in [2.75, 3.05) is 10.6 Å². The van der Waals surface area contributed by atoms with E-state index in [-0.39, 0.29) is 6.17 Å². The molecule has 116 valence electrons. The van der Waals surface area contributed by atoms with E-state index < -0.39 is 0 Å². The van der Waals surface area contributed by atoms with Crippen molar-refractivity contribution in [2.24, 2.45) is 5.73 Å². The SMILES string of the molecule is NCc1ccc(C(Nc2ccccc2)Nc2ccccc2)cc1. The summed E-state index contributed by atoms with van der Waals surface area (Å²) in [5.41, 5.74) is 10.1. The average Bonchev–Trinajstić information content (AvgIpc) is 2.63. The van der Waals surface area contributed by atoms with Gasteiger partial charge in [-0.3, -0.25) is 0 Å². The highest BCUT2D eigenvalue weighted by Gasteiger charge is 2.11. The molecule has 0 bridgehead atoms. The fraction of sp³-hybridized carbons (Fsp3) is 0.100. The normalized spacial score (nSPS) is 10.5. The fourth-order valence-corrected chi connectivity index (χ4v) is 2.45. The van der Waals surface area contributed by atoms with Gasteiger partial charge in [0, 0.05) is 17.9 Å². The van der Waals surface area contributed by atoms with Crippen LogP contribution in [0.5, 0.6) is 0 Å². The second-order valence-corrected chi connectivity index (χ2v) is 5.40. The van der Waals surface area contributed by atoms with Crippen molar-refractivity contribution in [3.63, 3.8) is 0 Å². The molecule has 0 aliphatic rings. The molecule has 0 amide bonds. The van der Waals surface area contributed by atoms with Crippen molar-refractivity contribution in [1.82, 2.24) is 0 Å². The summed E-state index contributed by atoms with van der Waals surface area (Å²) in [7, 11) is 0. The van der Waals surface area contributed by atoms with Crippen molar-refractivity contribution in [1.29, 1.82) is 0 Å². The molecule has 0 fully saturated rings. The van der Waals surface area contributed by atoms with E-state index in [1.54, 1.807) is 0 Å². The minimum absolute atomic E-state index is 0.0216. The van der Waals surface area contributed by atoms with Gasteiger partial charge in [0.2, 0.25) is 0 Å². The van der Waals surface area contributed by atoms with Gasteiger partial charge in [-0.15, -0.1) is 0 Å². The van der Waals surface area contributed by atoms with E-state index in [0.29, 0.717) is 6.54 Å². The topological polar surface area (TPSA) is 50.1 Å². The van der Waals surface area contributed by atoms with Crippen LogP contribution in [0.4, 0.5) is 11.4 Å². The molecule has 0 atom stereocenters. The Morgan fingerprint density at radius 3 is 1.57 bits per heavy atom. The molecule has 0 aliphatic carbocycles. The molecule has 0 spiro atoms. The van der Waals surface area contributed by atoms with Crippen molar-refractivity contribution in [3.8, 4) is 0 Å². The average molecular weight is 303 g/mol. The monoisotopic (exact) mass is 303 g/mol. The number of hydrogen-bond donors (Lipinski definition) is 3. The lowest BCUT2D eigenvalue weighted by atomic mass is 10.1. The van der Waals surface area contributed by atoms with Gasteiger partial charge < -0.3 is 16.4 Å². The maximum Gasteiger partial charge on any atom is 0.123 e. The maximum atomic E-state index is 5.69. The van der Waals surface area contributed by atoms with Gasteiger partial charge in [0.05, 0.1) is 0 Å². The van der Waals surface area contributed by atoms with Gasteiger partial charge in [-0.05, 0) is 35.4 Å². The largest absolute Gasteiger partial charge is 0.362 e. The molecule has 0 saturated carbocycles. The number of para-hydroxylation sites is 2. The number of anilines is 2. The molecule has 0 unspecified atom stereocenters. The number of nitrogens with two attached hydrogens (primary N) is 1. The first-order chi connectivity index (χ1) is 11.3. The first-order valence-corrected chi connectivity index (χ1v) is 7.77. The molecule has 3 aromatic rings. The maximum absolute atomic E-state index is 5.69. The molecule has 0 radical (unpaired) electrons. The van der Waals surface area contributed by atoms with Crippen LogP contribution in [0.15, 0.2) is 84.9 Å². The zero-order valence-corrected chi connectivity index (χ0v) is 12.9. The Kier molecular flexibility index (Phi) is 4.92. The van der Waals surface area contributed by atoms with Crippen LogP contribution in [-0.4, -0.2) is 0 Å². The van der Waals surface area contributed by atoms with Gasteiger partial charge in [-0.25, -0.2) is 0 Å². The molecule has 3 heteroatoms. The summed E-state index contributed by atoms with van der Waals surface area (Å²) in [4.78, 5) is 0. The number of benzene rings is 3. The Morgan fingerprint density at radius 1 is 0.652 bits per heavy atom. The quantitative estimate of drug-likeness (QED) is 0.593. The predicted octanol–water partition coefficient (Wildman–Crippen LogP) is 4.37. The van der Waals surface area contributed by atoms with E-state index in [0.717, 1.165) is 22.5 Å². The number of rotatable bonds is 6. The first-order valence-electron chi connectivity index (χ1n) is 7.77. The minimum atomic E-state index is -0.0216. The second-order valence-electron chi connectivity index (χ2n) is 5.40. The van der Waals surface area contributed by atoms with E-state index in [9.17, 15) is 0 Å². The van der Waals surface area contributed by atoms with Crippen molar-refractivity contribution < 1.29 is 0 Å². The predicted molar refractivity (Wildman–Crippen MR) is 97.2 cm³/mol. The zero-order chi connectivity index (χ0) is 15.9. The van der Waals surface area contributed by atoms with Crippen LogP contribution < -0.4 is 16.4 Å². The molecule has 0 aliphatic heterocycles. The first kappa shape index (κ1) is 15.1. The van der Waals surface area contributed by atoms with Gasteiger partial charge in [0.25, 0.3) is 0 Å². The van der Waals surface area contributed by atoms with E-state index in [1.807, 2.05) is 36.4 Å². The lowest BCUT2D eigenvalue weighted by Crippen LogP contribution is -2.20. The van der Waals surface area contributed by atoms with Crippen LogP contribution in [-0.2, 0) is 6.54 Å².